The number of anilines is 2. The van der Waals surface area contributed by atoms with E-state index in [4.69, 9.17) is 16.3 Å². The molecule has 26 heavy (non-hydrogen) atoms. The number of pyridine rings is 2. The van der Waals surface area contributed by atoms with Crippen molar-refractivity contribution in [2.45, 2.75) is 25.7 Å². The smallest absolute Gasteiger partial charge is 0.323 e. The van der Waals surface area contributed by atoms with E-state index in [0.717, 1.165) is 33.8 Å². The molecular formula is C17H16ClN5O2S. The highest BCUT2D eigenvalue weighted by molar-refractivity contribution is 7.18. The van der Waals surface area contributed by atoms with E-state index in [1.165, 1.54) is 7.11 Å². The zero-order chi connectivity index (χ0) is 18.3. The van der Waals surface area contributed by atoms with Crippen LogP contribution in [0, 0.1) is 6.92 Å². The van der Waals surface area contributed by atoms with Crippen LogP contribution in [0.25, 0.3) is 10.3 Å². The molecule has 1 saturated carbocycles. The lowest BCUT2D eigenvalue weighted by Crippen LogP contribution is -2.21. The lowest BCUT2D eigenvalue weighted by molar-refractivity contribution is 0.262. The number of nitrogens with zero attached hydrogens (tertiary/aromatic N) is 3. The van der Waals surface area contributed by atoms with Crippen LogP contribution in [-0.4, -0.2) is 28.1 Å². The third-order valence-corrected chi connectivity index (χ3v) is 5.25. The summed E-state index contributed by atoms with van der Waals surface area (Å²) in [5.74, 6) is 0.800. The zero-order valence-electron chi connectivity index (χ0n) is 14.2. The molecule has 0 atom stereocenters. The first-order valence-electron chi connectivity index (χ1n) is 8.09. The number of amides is 2. The molecule has 3 heterocycles. The molecule has 0 bridgehead atoms. The second kappa shape index (κ2) is 6.69. The molecule has 2 amide bonds. The summed E-state index contributed by atoms with van der Waals surface area (Å²) < 4.78 is 5.00. The highest BCUT2D eigenvalue weighted by Gasteiger charge is 2.30. The van der Waals surface area contributed by atoms with Gasteiger partial charge in [0.25, 0.3) is 0 Å². The minimum Gasteiger partial charge on any atom is -0.481 e. The van der Waals surface area contributed by atoms with Crippen LogP contribution in [0.5, 0.6) is 5.88 Å². The lowest BCUT2D eigenvalue weighted by atomic mass is 10.1. The normalized spacial score (nSPS) is 13.7. The van der Waals surface area contributed by atoms with Crippen molar-refractivity contribution in [1.82, 2.24) is 15.0 Å². The van der Waals surface area contributed by atoms with Crippen molar-refractivity contribution in [2.75, 3.05) is 17.7 Å². The van der Waals surface area contributed by atoms with E-state index in [-0.39, 0.29) is 5.15 Å². The molecule has 0 unspecified atom stereocenters. The summed E-state index contributed by atoms with van der Waals surface area (Å²) in [5, 5.41) is 6.70. The molecule has 0 radical (unpaired) electrons. The lowest BCUT2D eigenvalue weighted by Gasteiger charge is -2.12. The number of thiazole rings is 1. The molecule has 1 fully saturated rings. The SMILES string of the molecule is COc1ccc(NC(=O)Nc2cnc3sc(C)nc3c2C2CC2)c(Cl)n1. The van der Waals surface area contributed by atoms with Crippen LogP contribution in [0.1, 0.15) is 29.3 Å². The Morgan fingerprint density at radius 2 is 2.04 bits per heavy atom. The Labute approximate surface area is 158 Å². The maximum Gasteiger partial charge on any atom is 0.323 e. The van der Waals surface area contributed by atoms with Gasteiger partial charge in [-0.05, 0) is 31.7 Å². The zero-order valence-corrected chi connectivity index (χ0v) is 15.7. The highest BCUT2D eigenvalue weighted by atomic mass is 35.5. The Morgan fingerprint density at radius 1 is 1.27 bits per heavy atom. The van der Waals surface area contributed by atoms with Crippen LogP contribution in [0.3, 0.4) is 0 Å². The van der Waals surface area contributed by atoms with Crippen molar-refractivity contribution in [3.05, 3.63) is 34.1 Å². The molecule has 0 aliphatic heterocycles. The first-order chi connectivity index (χ1) is 12.5. The van der Waals surface area contributed by atoms with E-state index in [1.54, 1.807) is 29.7 Å². The Morgan fingerprint density at radius 3 is 2.73 bits per heavy atom. The van der Waals surface area contributed by atoms with Gasteiger partial charge in [-0.15, -0.1) is 0 Å². The van der Waals surface area contributed by atoms with Crippen LogP contribution in [-0.2, 0) is 0 Å². The van der Waals surface area contributed by atoms with Crippen LogP contribution in [0.2, 0.25) is 5.15 Å². The second-order valence-electron chi connectivity index (χ2n) is 6.02. The van der Waals surface area contributed by atoms with E-state index in [0.29, 0.717) is 23.2 Å². The van der Waals surface area contributed by atoms with Crippen LogP contribution in [0.15, 0.2) is 18.3 Å². The minimum absolute atomic E-state index is 0.158. The quantitative estimate of drug-likeness (QED) is 0.637. The molecule has 0 aromatic carbocycles. The average molecular weight is 390 g/mol. The number of carbonyl (C=O) groups excluding carboxylic acids is 1. The van der Waals surface area contributed by atoms with E-state index in [2.05, 4.69) is 25.6 Å². The number of fused-ring (bicyclic) bond motifs is 1. The van der Waals surface area contributed by atoms with Crippen LogP contribution in [0.4, 0.5) is 16.2 Å². The molecule has 0 spiro atoms. The third kappa shape index (κ3) is 3.30. The van der Waals surface area contributed by atoms with E-state index >= 15 is 0 Å². The Bertz CT molecular complexity index is 1000. The van der Waals surface area contributed by atoms with Crippen molar-refractivity contribution in [3.8, 4) is 5.88 Å². The molecule has 3 aromatic rings. The van der Waals surface area contributed by atoms with Gasteiger partial charge in [-0.25, -0.2) is 14.8 Å². The van der Waals surface area contributed by atoms with Gasteiger partial charge in [0.05, 0.1) is 29.7 Å². The van der Waals surface area contributed by atoms with Crippen molar-refractivity contribution < 1.29 is 9.53 Å². The number of rotatable bonds is 4. The number of ether oxygens (including phenoxy) is 1. The topological polar surface area (TPSA) is 89.0 Å². The average Bonchev–Trinajstić information content (AvgIpc) is 3.37. The van der Waals surface area contributed by atoms with E-state index in [9.17, 15) is 4.79 Å². The summed E-state index contributed by atoms with van der Waals surface area (Å²) in [4.78, 5) is 26.4. The van der Waals surface area contributed by atoms with Crippen molar-refractivity contribution in [1.29, 1.82) is 0 Å². The highest BCUT2D eigenvalue weighted by Crippen LogP contribution is 2.46. The maximum atomic E-state index is 12.4. The predicted molar refractivity (Wildman–Crippen MR) is 103 cm³/mol. The fraction of sp³-hybridized carbons (Fsp3) is 0.294. The van der Waals surface area contributed by atoms with E-state index in [1.807, 2.05) is 6.92 Å². The Kier molecular flexibility index (Phi) is 4.37. The predicted octanol–water partition coefficient (Wildman–Crippen LogP) is 4.58. The fourth-order valence-electron chi connectivity index (χ4n) is 2.78. The van der Waals surface area contributed by atoms with Gasteiger partial charge in [0, 0.05) is 11.6 Å². The molecule has 1 aliphatic carbocycles. The number of hydrogen-bond donors (Lipinski definition) is 2. The fourth-order valence-corrected chi connectivity index (χ4v) is 3.75. The summed E-state index contributed by atoms with van der Waals surface area (Å²) in [6.07, 6.45) is 3.89. The first kappa shape index (κ1) is 17.0. The van der Waals surface area contributed by atoms with Gasteiger partial charge >= 0.3 is 6.03 Å². The molecule has 1 aliphatic rings. The van der Waals surface area contributed by atoms with Crippen molar-refractivity contribution >= 4 is 50.7 Å². The molecule has 2 N–H and O–H groups in total. The number of carbonyl (C=O) groups is 1. The molecule has 0 saturated heterocycles. The molecule has 4 rings (SSSR count). The standard InChI is InChI=1S/C17H16ClN5O2S/c1-8-20-14-13(9-3-4-9)11(7-19-16(14)26-8)22-17(24)21-10-5-6-12(25-2)23-15(10)18/h5-7,9H,3-4H2,1-2H3,(H2,21,22,24). The largest absolute Gasteiger partial charge is 0.481 e. The maximum absolute atomic E-state index is 12.4. The van der Waals surface area contributed by atoms with E-state index < -0.39 is 6.03 Å². The van der Waals surface area contributed by atoms with Gasteiger partial charge in [-0.3, -0.25) is 0 Å². The van der Waals surface area contributed by atoms with Gasteiger partial charge in [0.2, 0.25) is 5.88 Å². The number of halogens is 1. The molecule has 3 aromatic heterocycles. The number of hydrogen-bond acceptors (Lipinski definition) is 6. The van der Waals surface area contributed by atoms with Gasteiger partial charge in [-0.1, -0.05) is 22.9 Å². The summed E-state index contributed by atoms with van der Waals surface area (Å²) in [6, 6.07) is 2.86. The van der Waals surface area contributed by atoms with Crippen LogP contribution < -0.4 is 15.4 Å². The third-order valence-electron chi connectivity index (χ3n) is 4.09. The van der Waals surface area contributed by atoms with Crippen molar-refractivity contribution in [2.24, 2.45) is 0 Å². The molecule has 7 nitrogen and oxygen atoms in total. The van der Waals surface area contributed by atoms with Gasteiger partial charge in [-0.2, -0.15) is 4.98 Å². The molecule has 9 heteroatoms. The number of aryl methyl sites for hydroxylation is 1. The van der Waals surface area contributed by atoms with Crippen molar-refractivity contribution in [3.63, 3.8) is 0 Å². The first-order valence-corrected chi connectivity index (χ1v) is 9.29. The monoisotopic (exact) mass is 389 g/mol. The number of aromatic nitrogens is 3. The summed E-state index contributed by atoms with van der Waals surface area (Å²) in [7, 11) is 1.50. The number of nitrogens with one attached hydrogen (secondary N) is 2. The van der Waals surface area contributed by atoms with Gasteiger partial charge in [0.15, 0.2) is 5.15 Å². The Balaban J connectivity index is 1.59. The summed E-state index contributed by atoms with van der Waals surface area (Å²) >= 11 is 7.63. The second-order valence-corrected chi connectivity index (χ2v) is 7.56. The molecular weight excluding hydrogens is 374 g/mol. The number of urea groups is 1. The Hall–Kier alpha value is -2.45. The summed E-state index contributed by atoms with van der Waals surface area (Å²) in [6.45, 7) is 1.96. The van der Waals surface area contributed by atoms with Gasteiger partial charge in [0.1, 0.15) is 10.3 Å². The van der Waals surface area contributed by atoms with Crippen LogP contribution >= 0.6 is 22.9 Å². The minimum atomic E-state index is -0.408. The molecule has 134 valence electrons. The summed E-state index contributed by atoms with van der Waals surface area (Å²) in [5.41, 5.74) is 3.03. The van der Waals surface area contributed by atoms with Gasteiger partial charge < -0.3 is 15.4 Å². The number of methoxy groups -OCH3 is 1.